The van der Waals surface area contributed by atoms with Crippen LogP contribution in [0, 0.1) is 5.41 Å². The third-order valence-electron chi connectivity index (χ3n) is 7.83. The molecule has 0 spiro atoms. The number of aryl methyl sites for hydroxylation is 1. The number of rotatable bonds is 12. The Bertz CT molecular complexity index is 1580. The van der Waals surface area contributed by atoms with Gasteiger partial charge in [0, 0.05) is 21.4 Å². The summed E-state index contributed by atoms with van der Waals surface area (Å²) in [4.78, 5) is 16.2. The van der Waals surface area contributed by atoms with Crippen molar-refractivity contribution in [1.82, 2.24) is 4.98 Å². The first-order chi connectivity index (χ1) is 19.6. The van der Waals surface area contributed by atoms with E-state index >= 15 is 0 Å². The first-order valence-electron chi connectivity index (χ1n) is 14.1. The molecule has 1 aromatic heterocycles. The van der Waals surface area contributed by atoms with E-state index in [1.165, 1.54) is 5.56 Å². The van der Waals surface area contributed by atoms with Crippen molar-refractivity contribution in [3.05, 3.63) is 112 Å². The molecule has 7 heteroatoms. The number of hydrogen-bond donors (Lipinski definition) is 2. The van der Waals surface area contributed by atoms with E-state index in [4.69, 9.17) is 16.6 Å². The number of pyridine rings is 1. The molecule has 1 unspecified atom stereocenters. The fourth-order valence-corrected chi connectivity index (χ4v) is 7.09. The monoisotopic (exact) mass is 593 g/mol. The summed E-state index contributed by atoms with van der Waals surface area (Å²) < 4.78 is 0. The number of halogens is 1. The molecule has 4 nitrogen and oxygen atoms in total. The van der Waals surface area contributed by atoms with Gasteiger partial charge in [0.25, 0.3) is 0 Å². The van der Waals surface area contributed by atoms with Gasteiger partial charge in [0.15, 0.2) is 0 Å². The van der Waals surface area contributed by atoms with Gasteiger partial charge in [0.1, 0.15) is 0 Å². The number of carboxylic acids is 1. The molecular weight excluding hydrogens is 557 g/mol. The van der Waals surface area contributed by atoms with E-state index < -0.39 is 11.6 Å². The number of hydrogen-bond acceptors (Lipinski definition) is 4. The maximum absolute atomic E-state index is 11.5. The summed E-state index contributed by atoms with van der Waals surface area (Å²) in [6, 6.07) is 26.5. The van der Waals surface area contributed by atoms with Crippen molar-refractivity contribution in [2.24, 2.45) is 5.41 Å². The van der Waals surface area contributed by atoms with Crippen LogP contribution in [0.2, 0.25) is 5.02 Å². The predicted molar refractivity (Wildman–Crippen MR) is 178 cm³/mol. The number of aliphatic hydroxyl groups is 1. The fourth-order valence-electron chi connectivity index (χ4n) is 5.36. The van der Waals surface area contributed by atoms with Crippen molar-refractivity contribution in [2.75, 3.05) is 5.75 Å². The Hall–Kier alpha value is -2.52. The second-order valence-corrected chi connectivity index (χ2v) is 13.3. The van der Waals surface area contributed by atoms with Gasteiger partial charge in [-0.25, -0.2) is 4.98 Å². The molecule has 1 aliphatic carbocycles. The number of thioether (sulfide) groups is 1. The van der Waals surface area contributed by atoms with Crippen LogP contribution in [0.25, 0.3) is 23.1 Å². The molecule has 214 valence electrons. The molecule has 1 heterocycles. The number of carboxylic acid groups (broad SMARTS) is 1. The summed E-state index contributed by atoms with van der Waals surface area (Å²) in [5, 5.41) is 22.1. The molecule has 3 aromatic carbocycles. The van der Waals surface area contributed by atoms with Crippen molar-refractivity contribution in [3.8, 4) is 0 Å². The van der Waals surface area contributed by atoms with Gasteiger partial charge in [-0.1, -0.05) is 78.3 Å². The Morgan fingerprint density at radius 3 is 2.55 bits per heavy atom. The van der Waals surface area contributed by atoms with Crippen molar-refractivity contribution in [2.45, 2.75) is 56.8 Å². The SMILES string of the molecule is CC(C)(O)c1ccccc1CCC(SCC1(CC(=O)O)CC1)c1cccc(/C=C/c2ccc3ccc(Cl)cc3n2)c1.[LiH]. The number of aliphatic carboxylic acids is 1. The molecule has 0 bridgehead atoms. The van der Waals surface area contributed by atoms with Crippen LogP contribution in [0.5, 0.6) is 0 Å². The Kier molecular flexibility index (Phi) is 10.7. The summed E-state index contributed by atoms with van der Waals surface area (Å²) in [7, 11) is 0. The zero-order valence-electron chi connectivity index (χ0n) is 23.5. The third-order valence-corrected chi connectivity index (χ3v) is 9.76. The molecule has 1 atom stereocenters. The predicted octanol–water partition coefficient (Wildman–Crippen LogP) is 8.30. The van der Waals surface area contributed by atoms with E-state index in [0.29, 0.717) is 5.02 Å². The minimum absolute atomic E-state index is 0. The Morgan fingerprint density at radius 2 is 1.81 bits per heavy atom. The second-order valence-electron chi connectivity index (χ2n) is 11.7. The van der Waals surface area contributed by atoms with Crippen molar-refractivity contribution in [1.29, 1.82) is 0 Å². The van der Waals surface area contributed by atoms with Crippen molar-refractivity contribution >= 4 is 71.2 Å². The van der Waals surface area contributed by atoms with Gasteiger partial charge in [0.05, 0.1) is 23.2 Å². The van der Waals surface area contributed by atoms with Crippen LogP contribution in [-0.4, -0.2) is 45.8 Å². The molecule has 1 aliphatic rings. The van der Waals surface area contributed by atoms with E-state index in [1.54, 1.807) is 0 Å². The van der Waals surface area contributed by atoms with E-state index in [1.807, 2.05) is 74.1 Å². The van der Waals surface area contributed by atoms with E-state index in [0.717, 1.165) is 64.7 Å². The number of benzene rings is 3. The average Bonchev–Trinajstić information content (AvgIpc) is 3.70. The molecule has 0 amide bonds. The molecule has 0 saturated heterocycles. The van der Waals surface area contributed by atoms with Gasteiger partial charge in [-0.3, -0.25) is 4.79 Å². The number of carbonyl (C=O) groups is 1. The van der Waals surface area contributed by atoms with Gasteiger partial charge in [-0.2, -0.15) is 11.8 Å². The van der Waals surface area contributed by atoms with Crippen molar-refractivity contribution in [3.63, 3.8) is 0 Å². The summed E-state index contributed by atoms with van der Waals surface area (Å²) in [6.07, 6.45) is 8.02. The maximum atomic E-state index is 11.5. The summed E-state index contributed by atoms with van der Waals surface area (Å²) in [5.74, 6) is 0.122. The number of nitrogens with zero attached hydrogens (tertiary/aromatic N) is 1. The van der Waals surface area contributed by atoms with Crippen molar-refractivity contribution < 1.29 is 15.0 Å². The first kappa shape index (κ1) is 32.4. The molecular formula is C35H37ClLiNO3S. The van der Waals surface area contributed by atoms with E-state index in [-0.39, 0.29) is 35.9 Å². The van der Waals surface area contributed by atoms with Gasteiger partial charge >= 0.3 is 24.8 Å². The van der Waals surface area contributed by atoms with Crippen LogP contribution in [0.3, 0.4) is 0 Å². The summed E-state index contributed by atoms with van der Waals surface area (Å²) >= 11 is 8.04. The third kappa shape index (κ3) is 8.53. The molecule has 5 rings (SSSR count). The molecule has 4 aromatic rings. The van der Waals surface area contributed by atoms with Crippen LogP contribution in [-0.2, 0) is 16.8 Å². The van der Waals surface area contributed by atoms with Gasteiger partial charge in [0.2, 0.25) is 0 Å². The Labute approximate surface area is 269 Å². The zero-order valence-corrected chi connectivity index (χ0v) is 25.1. The van der Waals surface area contributed by atoms with Crippen LogP contribution in [0.15, 0.2) is 78.9 Å². The van der Waals surface area contributed by atoms with Gasteiger partial charge in [-0.05, 0) is 91.5 Å². The fraction of sp³-hybridized carbons (Fsp3) is 0.314. The van der Waals surface area contributed by atoms with Gasteiger partial charge in [-0.15, -0.1) is 0 Å². The molecule has 1 fully saturated rings. The Morgan fingerprint density at radius 1 is 1.05 bits per heavy atom. The van der Waals surface area contributed by atoms with Gasteiger partial charge < -0.3 is 10.2 Å². The quantitative estimate of drug-likeness (QED) is 0.162. The molecule has 0 aliphatic heterocycles. The number of fused-ring (bicyclic) bond motifs is 1. The average molecular weight is 594 g/mol. The molecule has 1 saturated carbocycles. The van der Waals surface area contributed by atoms with Crippen LogP contribution >= 0.6 is 23.4 Å². The minimum atomic E-state index is -0.911. The topological polar surface area (TPSA) is 70.4 Å². The van der Waals surface area contributed by atoms with Crippen LogP contribution in [0.1, 0.15) is 72.7 Å². The van der Waals surface area contributed by atoms with E-state index in [2.05, 4.69) is 42.5 Å². The molecule has 2 N–H and O–H groups in total. The number of aromatic nitrogens is 1. The standard InChI is InChI=1S/C35H36ClNO3S.Li.H/c1-34(2,40)30-9-4-3-7-25(30)13-17-32(41-23-35(18-19-35)22-33(38)39)27-8-5-6-24(20-27)10-15-29-16-12-26-11-14-28(36)21-31(26)37-29;;/h3-12,14-16,20-21,32,40H,13,17-19,22-23H2,1-2H3,(H,38,39);;/b15-10+;;. The molecule has 0 radical (unpaired) electrons. The normalized spacial score (nSPS) is 15.0. The van der Waals surface area contributed by atoms with E-state index in [9.17, 15) is 15.0 Å². The second kappa shape index (κ2) is 13.8. The first-order valence-corrected chi connectivity index (χ1v) is 15.5. The summed E-state index contributed by atoms with van der Waals surface area (Å²) in [6.45, 7) is 3.66. The van der Waals surface area contributed by atoms with Crippen LogP contribution < -0.4 is 0 Å². The summed E-state index contributed by atoms with van der Waals surface area (Å²) in [5.41, 5.74) is 5.15. The van der Waals surface area contributed by atoms with Crippen LogP contribution in [0.4, 0.5) is 0 Å². The Balaban J connectivity index is 0.00000405. The molecule has 42 heavy (non-hydrogen) atoms. The zero-order chi connectivity index (χ0) is 29.0.